The van der Waals surface area contributed by atoms with Gasteiger partial charge in [-0.05, 0) is 303 Å². The zero-order valence-corrected chi connectivity index (χ0v) is 76.1. The third kappa shape index (κ3) is 38.5. The molecule has 0 amide bonds. The molecule has 0 aliphatic carbocycles. The standard InChI is InChI=1S/C99H153O16P/c1-70(2)94(100)107-64-52-40-28-22-34-46-58-85-76(13)86(59-47-35-23-29-41-53-65-108-95(101)71(3)4)80(17)91(79(85)16)113-116(106,114-92-81(18)87(60-48-36-24-30-42-54-66-109-96(102)72(5)6)77(14)88(82(92)19)61-49-37-25-31-43-55-67-110-97(103)73(7)8)115-93-83(20)89(62-50-38-26-32-44-56-68-111-98(104)74(9)10)78(15)90(84(93)21)63-51-39-27-33-45-57-69-112-99(105)75(11)12/h1,3,5,7,9,11,22-69H2,2,4,6,8,10,12-21H3. The predicted octanol–water partition coefficient (Wildman–Crippen LogP) is 26.1. The van der Waals surface area contributed by atoms with Crippen molar-refractivity contribution in [3.05, 3.63) is 156 Å². The van der Waals surface area contributed by atoms with Gasteiger partial charge in [0.1, 0.15) is 17.2 Å². The van der Waals surface area contributed by atoms with E-state index in [1.54, 1.807) is 41.5 Å². The molecule has 0 atom stereocenters. The van der Waals surface area contributed by atoms with E-state index < -0.39 is 7.82 Å². The Bertz CT molecular complexity index is 3160. The van der Waals surface area contributed by atoms with Crippen molar-refractivity contribution in [2.45, 2.75) is 374 Å². The third-order valence-electron chi connectivity index (χ3n) is 22.5. The Labute approximate surface area is 702 Å². The number of hydrogen-bond acceptors (Lipinski definition) is 16. The number of unbranched alkanes of at least 4 members (excludes halogenated alkanes) is 30. The van der Waals surface area contributed by atoms with Crippen molar-refractivity contribution in [2.24, 2.45) is 0 Å². The molecule has 17 heteroatoms. The molecule has 650 valence electrons. The molecular formula is C99H153O16P. The van der Waals surface area contributed by atoms with Gasteiger partial charge in [0.2, 0.25) is 0 Å². The first-order chi connectivity index (χ1) is 55.3. The van der Waals surface area contributed by atoms with Gasteiger partial charge in [-0.15, -0.1) is 0 Å². The highest BCUT2D eigenvalue weighted by Gasteiger charge is 2.39. The first-order valence-electron chi connectivity index (χ1n) is 44.3. The lowest BCUT2D eigenvalue weighted by Crippen LogP contribution is -2.16. The number of phosphoric acid groups is 1. The summed E-state index contributed by atoms with van der Waals surface area (Å²) in [6, 6.07) is 0. The number of phosphoric ester groups is 1. The summed E-state index contributed by atoms with van der Waals surface area (Å²) in [4.78, 5) is 72.5. The van der Waals surface area contributed by atoms with E-state index in [1.807, 2.05) is 0 Å². The second-order valence-electron chi connectivity index (χ2n) is 32.9. The first kappa shape index (κ1) is 103. The summed E-state index contributed by atoms with van der Waals surface area (Å²) >= 11 is 0. The number of carbonyl (C=O) groups is 6. The van der Waals surface area contributed by atoms with Crippen LogP contribution in [0.2, 0.25) is 0 Å². The fraction of sp³-hybridized carbons (Fsp3) is 0.636. The van der Waals surface area contributed by atoms with E-state index in [0.29, 0.717) is 90.3 Å². The fourth-order valence-corrected chi connectivity index (χ4v) is 17.0. The van der Waals surface area contributed by atoms with Crippen molar-refractivity contribution in [1.82, 2.24) is 0 Å². The van der Waals surface area contributed by atoms with Gasteiger partial charge in [0, 0.05) is 33.4 Å². The average Bonchev–Trinajstić information content (AvgIpc) is 0.785. The zero-order valence-electron chi connectivity index (χ0n) is 75.2. The van der Waals surface area contributed by atoms with Crippen molar-refractivity contribution in [3.8, 4) is 17.2 Å². The van der Waals surface area contributed by atoms with Crippen LogP contribution in [0.1, 0.15) is 356 Å². The van der Waals surface area contributed by atoms with E-state index >= 15 is 4.57 Å². The first-order valence-corrected chi connectivity index (χ1v) is 45.7. The van der Waals surface area contributed by atoms with Gasteiger partial charge in [0.25, 0.3) is 0 Å². The van der Waals surface area contributed by atoms with Crippen LogP contribution in [-0.4, -0.2) is 75.5 Å². The van der Waals surface area contributed by atoms with Gasteiger partial charge in [0.15, 0.2) is 0 Å². The van der Waals surface area contributed by atoms with Crippen LogP contribution in [0, 0.1) is 62.3 Å². The summed E-state index contributed by atoms with van der Waals surface area (Å²) in [7, 11) is -4.80. The smallest absolute Gasteiger partial charge is 0.462 e. The molecule has 0 fully saturated rings. The summed E-state index contributed by atoms with van der Waals surface area (Å²) < 4.78 is 72.4. The van der Waals surface area contributed by atoms with Crippen molar-refractivity contribution in [1.29, 1.82) is 0 Å². The molecule has 0 aliphatic rings. The van der Waals surface area contributed by atoms with E-state index in [2.05, 4.69) is 102 Å². The summed E-state index contributed by atoms with van der Waals surface area (Å²) in [6.07, 6.45) is 39.1. The maximum atomic E-state index is 17.6. The summed E-state index contributed by atoms with van der Waals surface area (Å²) in [6.45, 7) is 54.0. The lowest BCUT2D eigenvalue weighted by molar-refractivity contribution is -0.139. The third-order valence-corrected chi connectivity index (χ3v) is 23.7. The fourth-order valence-electron chi connectivity index (χ4n) is 15.3. The van der Waals surface area contributed by atoms with E-state index in [1.165, 1.54) is 50.1 Å². The van der Waals surface area contributed by atoms with E-state index in [4.69, 9.17) is 42.0 Å². The van der Waals surface area contributed by atoms with Crippen molar-refractivity contribution in [3.63, 3.8) is 0 Å². The highest BCUT2D eigenvalue weighted by Crippen LogP contribution is 2.56. The van der Waals surface area contributed by atoms with Gasteiger partial charge in [-0.25, -0.2) is 28.8 Å². The molecule has 3 aromatic rings. The monoisotopic (exact) mass is 1630 g/mol. The summed E-state index contributed by atoms with van der Waals surface area (Å²) in [5, 5.41) is 0. The molecule has 0 aliphatic heterocycles. The number of hydrogen-bond donors (Lipinski definition) is 0. The molecule has 0 heterocycles. The molecule has 0 aromatic heterocycles. The molecule has 0 radical (unpaired) electrons. The highest BCUT2D eigenvalue weighted by atomic mass is 31.2. The molecule has 0 saturated carbocycles. The molecule has 0 bridgehead atoms. The van der Waals surface area contributed by atoms with Crippen molar-refractivity contribution < 1.29 is 75.3 Å². The quantitative estimate of drug-likeness (QED) is 0.0170. The van der Waals surface area contributed by atoms with Crippen LogP contribution < -0.4 is 13.6 Å². The molecule has 0 spiro atoms. The van der Waals surface area contributed by atoms with Crippen molar-refractivity contribution in [2.75, 3.05) is 39.6 Å². The van der Waals surface area contributed by atoms with E-state index in [-0.39, 0.29) is 35.8 Å². The lowest BCUT2D eigenvalue weighted by atomic mass is 9.87. The largest absolute Gasteiger partial charge is 0.647 e. The minimum Gasteiger partial charge on any atom is -0.462 e. The number of benzene rings is 3. The normalized spacial score (nSPS) is 11.3. The summed E-state index contributed by atoms with van der Waals surface area (Å²) in [5.41, 5.74) is 18.7. The van der Waals surface area contributed by atoms with Gasteiger partial charge < -0.3 is 42.0 Å². The SMILES string of the molecule is C=C(C)C(=O)OCCCCCCCCc1c(C)c(CCCCCCCCOC(=O)C(=C)C)c(C)c(OP(=O)(Oc2c(C)c(CCCCCCCCOC(=O)C(=C)C)c(C)c(CCCCCCCCOC(=O)C(=C)C)c2C)Oc2c(C)c(CCCCCCCCOC(=O)C(=C)C)c(C)c(CCCCCCCCOC(=O)C(=C)C)c2C)c1C. The van der Waals surface area contributed by atoms with Crippen LogP contribution in [0.4, 0.5) is 0 Å². The number of ether oxygens (including phenoxy) is 6. The lowest BCUT2D eigenvalue weighted by Gasteiger charge is -2.29. The molecule has 0 saturated heterocycles. The zero-order chi connectivity index (χ0) is 86.1. The number of esters is 6. The van der Waals surface area contributed by atoms with Gasteiger partial charge in [-0.2, -0.15) is 4.57 Å². The molecule has 3 aromatic carbocycles. The minimum absolute atomic E-state index is 0.353. The molecule has 0 N–H and O–H groups in total. The Balaban J connectivity index is 2.35. The number of rotatable bonds is 66. The van der Waals surface area contributed by atoms with Crippen LogP contribution in [0.25, 0.3) is 0 Å². The Hall–Kier alpha value is -7.45. The van der Waals surface area contributed by atoms with Crippen LogP contribution >= 0.6 is 7.82 Å². The Morgan fingerprint density at radius 2 is 0.328 bits per heavy atom. The molecular weight excluding hydrogens is 1480 g/mol. The molecule has 0 unspecified atom stereocenters. The van der Waals surface area contributed by atoms with Gasteiger partial charge in [-0.1, -0.05) is 194 Å². The Morgan fingerprint density at radius 1 is 0.207 bits per heavy atom. The Kier molecular flexibility index (Phi) is 51.0. The molecule has 16 nitrogen and oxygen atoms in total. The maximum Gasteiger partial charge on any atom is 0.647 e. The van der Waals surface area contributed by atoms with Gasteiger partial charge in [-0.3, -0.25) is 0 Å². The van der Waals surface area contributed by atoms with Gasteiger partial charge >= 0.3 is 43.6 Å². The molecule has 3 rings (SSSR count). The summed E-state index contributed by atoms with van der Waals surface area (Å²) in [5.74, 6) is -0.549. The van der Waals surface area contributed by atoms with Crippen LogP contribution in [0.3, 0.4) is 0 Å². The average molecular weight is 1630 g/mol. The van der Waals surface area contributed by atoms with E-state index in [9.17, 15) is 28.8 Å². The minimum atomic E-state index is -4.80. The van der Waals surface area contributed by atoms with E-state index in [0.717, 1.165) is 303 Å². The molecule has 116 heavy (non-hydrogen) atoms. The van der Waals surface area contributed by atoms with Crippen LogP contribution in [0.15, 0.2) is 72.9 Å². The van der Waals surface area contributed by atoms with Gasteiger partial charge in [0.05, 0.1) is 39.6 Å². The van der Waals surface area contributed by atoms with Crippen LogP contribution in [-0.2, 0) is 100 Å². The Morgan fingerprint density at radius 3 is 0.457 bits per heavy atom. The second kappa shape index (κ2) is 57.6. The maximum absolute atomic E-state index is 17.6. The highest BCUT2D eigenvalue weighted by molar-refractivity contribution is 7.49. The van der Waals surface area contributed by atoms with Crippen LogP contribution in [0.5, 0.6) is 17.2 Å². The second-order valence-corrected chi connectivity index (χ2v) is 34.4. The predicted molar refractivity (Wildman–Crippen MR) is 475 cm³/mol. The number of carbonyl (C=O) groups excluding carboxylic acids is 6. The van der Waals surface area contributed by atoms with Crippen molar-refractivity contribution >= 4 is 43.6 Å². The topological polar surface area (TPSA) is 203 Å².